The molecule has 1 amide bonds. The van der Waals surface area contributed by atoms with Crippen LogP contribution in [0.1, 0.15) is 53.9 Å². The van der Waals surface area contributed by atoms with E-state index in [-0.39, 0.29) is 5.56 Å². The summed E-state index contributed by atoms with van der Waals surface area (Å²) in [6.07, 6.45) is -4.24. The lowest BCUT2D eigenvalue weighted by molar-refractivity contribution is -0.343. The lowest BCUT2D eigenvalue weighted by Gasteiger charge is -2.27. The lowest BCUT2D eigenvalue weighted by atomic mass is 10.1. The van der Waals surface area contributed by atoms with Crippen molar-refractivity contribution < 1.29 is 45.1 Å². The number of carbonyl (C=O) groups is 2. The Kier molecular flexibility index (Phi) is 6.56. The molecule has 1 aliphatic rings. The topological polar surface area (TPSA) is 55.4 Å². The molecule has 0 aliphatic heterocycles. The average Bonchev–Trinajstić information content (AvgIpc) is 2.74. The van der Waals surface area contributed by atoms with Crippen molar-refractivity contribution in [1.82, 2.24) is 0 Å². The highest BCUT2D eigenvalue weighted by Crippen LogP contribution is 2.47. The number of rotatable bonds is 5. The van der Waals surface area contributed by atoms with E-state index in [4.69, 9.17) is 4.74 Å². The zero-order valence-corrected chi connectivity index (χ0v) is 16.2. The van der Waals surface area contributed by atoms with Crippen molar-refractivity contribution in [3.63, 3.8) is 0 Å². The number of hydrogen-bond donors (Lipinski definition) is 1. The van der Waals surface area contributed by atoms with Gasteiger partial charge >= 0.3 is 29.9 Å². The molecule has 0 bridgehead atoms. The van der Waals surface area contributed by atoms with Crippen LogP contribution in [-0.4, -0.2) is 36.0 Å². The van der Waals surface area contributed by atoms with E-state index in [2.05, 4.69) is 0 Å². The highest BCUT2D eigenvalue weighted by molar-refractivity contribution is 7.17. The highest BCUT2D eigenvalue weighted by atomic mass is 32.1. The number of nitrogens with one attached hydrogen (secondary N) is 1. The van der Waals surface area contributed by atoms with Crippen LogP contribution in [0.15, 0.2) is 0 Å². The maximum atomic E-state index is 13.7. The van der Waals surface area contributed by atoms with E-state index in [1.807, 2.05) is 0 Å². The number of esters is 1. The predicted octanol–water partition coefficient (Wildman–Crippen LogP) is 5.35. The molecule has 0 aromatic carbocycles. The van der Waals surface area contributed by atoms with Crippen LogP contribution in [0.3, 0.4) is 0 Å². The number of halogens is 7. The zero-order chi connectivity index (χ0) is 22.2. The van der Waals surface area contributed by atoms with Gasteiger partial charge in [-0.25, -0.2) is 4.79 Å². The van der Waals surface area contributed by atoms with Crippen molar-refractivity contribution >= 4 is 28.2 Å². The molecule has 0 spiro atoms. The average molecular weight is 449 g/mol. The van der Waals surface area contributed by atoms with Crippen LogP contribution in [0.25, 0.3) is 0 Å². The maximum absolute atomic E-state index is 13.7. The molecule has 1 N–H and O–H groups in total. The van der Waals surface area contributed by atoms with E-state index in [1.54, 1.807) is 0 Å². The molecule has 29 heavy (non-hydrogen) atoms. The van der Waals surface area contributed by atoms with E-state index >= 15 is 0 Å². The van der Waals surface area contributed by atoms with E-state index in [0.717, 1.165) is 6.42 Å². The largest absolute Gasteiger partial charge is 0.460 e. The van der Waals surface area contributed by atoms with Crippen molar-refractivity contribution in [2.24, 2.45) is 0 Å². The summed E-state index contributed by atoms with van der Waals surface area (Å²) in [4.78, 5) is 24.7. The minimum atomic E-state index is -6.64. The number of ether oxygens (including phenoxy) is 1. The second-order valence-corrected chi connectivity index (χ2v) is 7.93. The molecule has 1 aromatic rings. The van der Waals surface area contributed by atoms with Crippen molar-refractivity contribution in [1.29, 1.82) is 0 Å². The van der Waals surface area contributed by atoms with Crippen molar-refractivity contribution in [3.8, 4) is 0 Å². The quantitative estimate of drug-likeness (QED) is 0.375. The predicted molar refractivity (Wildman–Crippen MR) is 90.7 cm³/mol. The molecule has 0 unspecified atom stereocenters. The van der Waals surface area contributed by atoms with Gasteiger partial charge in [-0.2, -0.15) is 30.7 Å². The molecule has 0 saturated carbocycles. The fourth-order valence-corrected chi connectivity index (χ4v) is 4.09. The van der Waals surface area contributed by atoms with Crippen LogP contribution >= 0.6 is 11.3 Å². The smallest absolute Gasteiger partial charge is 0.459 e. The van der Waals surface area contributed by atoms with Gasteiger partial charge in [-0.05, 0) is 45.1 Å². The number of fused-ring (bicyclic) bond motifs is 1. The Morgan fingerprint density at radius 3 is 2.14 bits per heavy atom. The Bertz CT molecular complexity index is 787. The molecular weight excluding hydrogens is 431 g/mol. The molecule has 164 valence electrons. The highest BCUT2D eigenvalue weighted by Gasteiger charge is 2.76. The number of hydrogen-bond acceptors (Lipinski definition) is 4. The van der Waals surface area contributed by atoms with Crippen LogP contribution < -0.4 is 5.32 Å². The summed E-state index contributed by atoms with van der Waals surface area (Å²) >= 11 is 0.701. The van der Waals surface area contributed by atoms with Gasteiger partial charge < -0.3 is 10.1 Å². The first-order valence-electron chi connectivity index (χ1n) is 8.69. The summed E-state index contributed by atoms with van der Waals surface area (Å²) in [5.41, 5.74) is 0.152. The van der Waals surface area contributed by atoms with Crippen LogP contribution in [-0.2, 0) is 22.4 Å². The Balaban J connectivity index is 2.44. The number of carbonyl (C=O) groups excluding carboxylic acids is 2. The minimum absolute atomic E-state index is 0.278. The summed E-state index contributed by atoms with van der Waals surface area (Å²) in [7, 11) is 0. The van der Waals surface area contributed by atoms with Gasteiger partial charge in [-0.3, -0.25) is 4.79 Å². The third-order valence-electron chi connectivity index (χ3n) is 4.23. The minimum Gasteiger partial charge on any atom is -0.459 e. The second-order valence-electron chi connectivity index (χ2n) is 6.82. The van der Waals surface area contributed by atoms with E-state index in [9.17, 15) is 40.3 Å². The van der Waals surface area contributed by atoms with Crippen LogP contribution in [0.4, 0.5) is 35.7 Å². The van der Waals surface area contributed by atoms with Gasteiger partial charge in [0.1, 0.15) is 5.00 Å². The number of anilines is 1. The van der Waals surface area contributed by atoms with Crippen molar-refractivity contribution in [2.45, 2.75) is 70.1 Å². The third-order valence-corrected chi connectivity index (χ3v) is 5.44. The molecule has 0 fully saturated rings. The number of thiophene rings is 1. The van der Waals surface area contributed by atoms with Gasteiger partial charge in [0.05, 0.1) is 11.7 Å². The first kappa shape index (κ1) is 23.4. The molecule has 0 saturated heterocycles. The summed E-state index contributed by atoms with van der Waals surface area (Å²) < 4.78 is 95.7. The van der Waals surface area contributed by atoms with E-state index < -0.39 is 41.0 Å². The summed E-state index contributed by atoms with van der Waals surface area (Å²) in [6, 6.07) is 0. The Hall–Kier alpha value is -1.85. The molecule has 2 rings (SSSR count). The molecule has 1 heterocycles. The third kappa shape index (κ3) is 4.51. The molecule has 4 nitrogen and oxygen atoms in total. The Labute approximate surface area is 165 Å². The molecule has 1 aliphatic carbocycles. The van der Waals surface area contributed by atoms with Crippen LogP contribution in [0, 0.1) is 0 Å². The van der Waals surface area contributed by atoms with Gasteiger partial charge in [0.25, 0.3) is 0 Å². The van der Waals surface area contributed by atoms with Crippen LogP contribution in [0.2, 0.25) is 0 Å². The Morgan fingerprint density at radius 2 is 1.59 bits per heavy atom. The maximum Gasteiger partial charge on any atom is 0.460 e. The zero-order valence-electron chi connectivity index (χ0n) is 15.4. The van der Waals surface area contributed by atoms with Crippen LogP contribution in [0.5, 0.6) is 0 Å². The molecular formula is C17H18F7NO3S. The standard InChI is InChI=1S/C17H18F7NO3S/c1-8(2)28-13(26)11-9-6-4-3-5-7-10(9)29-12(11)25-14(27)15(18,19)16(20,21)17(22,23)24/h8H,3-7H2,1-2H3,(H,25,27). The van der Waals surface area contributed by atoms with Gasteiger partial charge in [0, 0.05) is 4.88 Å². The fraction of sp³-hybridized carbons (Fsp3) is 0.647. The first-order chi connectivity index (χ1) is 13.2. The van der Waals surface area contributed by atoms with Crippen molar-refractivity contribution in [2.75, 3.05) is 5.32 Å². The SMILES string of the molecule is CC(C)OC(=O)c1c(NC(=O)C(F)(F)C(F)(F)C(F)(F)F)sc2c1CCCCC2. The molecule has 1 aromatic heterocycles. The number of alkyl halides is 7. The van der Waals surface area contributed by atoms with Gasteiger partial charge in [-0.15, -0.1) is 11.3 Å². The first-order valence-corrected chi connectivity index (χ1v) is 9.51. The van der Waals surface area contributed by atoms with E-state index in [1.165, 1.54) is 19.2 Å². The summed E-state index contributed by atoms with van der Waals surface area (Å²) in [5.74, 6) is -16.5. The molecule has 12 heteroatoms. The van der Waals surface area contributed by atoms with Crippen molar-refractivity contribution in [3.05, 3.63) is 16.0 Å². The van der Waals surface area contributed by atoms with E-state index in [0.29, 0.717) is 47.5 Å². The summed E-state index contributed by atoms with van der Waals surface area (Å²) in [6.45, 7) is 3.03. The summed E-state index contributed by atoms with van der Waals surface area (Å²) in [5, 5.41) is 0.887. The second kappa shape index (κ2) is 8.11. The number of amides is 1. The monoisotopic (exact) mass is 449 g/mol. The van der Waals surface area contributed by atoms with Gasteiger partial charge in [0.2, 0.25) is 0 Å². The van der Waals surface area contributed by atoms with Gasteiger partial charge in [-0.1, -0.05) is 6.42 Å². The lowest BCUT2D eigenvalue weighted by Crippen LogP contribution is -2.57. The molecule has 0 atom stereocenters. The normalized spacial score (nSPS) is 15.7. The molecule has 0 radical (unpaired) electrons. The van der Waals surface area contributed by atoms with Gasteiger partial charge in [0.15, 0.2) is 0 Å². The fourth-order valence-electron chi connectivity index (χ4n) is 2.82. The number of aryl methyl sites for hydroxylation is 1. The Morgan fingerprint density at radius 1 is 1.00 bits per heavy atom.